The molecule has 0 saturated carbocycles. The smallest absolute Gasteiger partial charge is 0.330 e. The maximum Gasteiger partial charge on any atom is 0.330 e. The average molecular weight is 272 g/mol. The molecule has 0 unspecified atom stereocenters. The van der Waals surface area contributed by atoms with Crippen LogP contribution in [0.15, 0.2) is 22.8 Å². The minimum atomic E-state index is -0.429. The van der Waals surface area contributed by atoms with Crippen molar-refractivity contribution >= 4 is 28.0 Å². The summed E-state index contributed by atoms with van der Waals surface area (Å²) < 4.78 is 10.4. The molecule has 0 atom stereocenters. The number of hydrogen-bond acceptors (Lipinski definition) is 4. The van der Waals surface area contributed by atoms with E-state index in [4.69, 9.17) is 4.74 Å². The van der Waals surface area contributed by atoms with Gasteiger partial charge in [-0.3, -0.25) is 4.98 Å². The Kier molecular flexibility index (Phi) is 4.30. The van der Waals surface area contributed by atoms with Crippen molar-refractivity contribution in [3.05, 3.63) is 28.5 Å². The number of carbonyl (C=O) groups excluding carboxylic acids is 1. The number of pyridine rings is 1. The van der Waals surface area contributed by atoms with Crippen LogP contribution in [0.3, 0.4) is 0 Å². The third-order valence-electron chi connectivity index (χ3n) is 1.65. The Bertz CT molecular complexity index is 390. The van der Waals surface area contributed by atoms with Gasteiger partial charge in [-0.1, -0.05) is 0 Å². The maximum absolute atomic E-state index is 10.9. The van der Waals surface area contributed by atoms with Crippen LogP contribution in [0.25, 0.3) is 6.08 Å². The molecule has 0 aromatic carbocycles. The molecule has 0 aliphatic carbocycles. The molecule has 0 N–H and O–H groups in total. The lowest BCUT2D eigenvalue weighted by Gasteiger charge is -2.03. The van der Waals surface area contributed by atoms with E-state index in [1.807, 2.05) is 0 Å². The summed E-state index contributed by atoms with van der Waals surface area (Å²) in [5, 5.41) is 0. The Balaban J connectivity index is 2.94. The molecule has 80 valence electrons. The fourth-order valence-corrected chi connectivity index (χ4v) is 1.25. The van der Waals surface area contributed by atoms with E-state index in [-0.39, 0.29) is 0 Å². The van der Waals surface area contributed by atoms with E-state index >= 15 is 0 Å². The second-order valence-electron chi connectivity index (χ2n) is 2.60. The number of hydrogen-bond donors (Lipinski definition) is 0. The largest absolute Gasteiger partial charge is 0.494 e. The number of esters is 1. The van der Waals surface area contributed by atoms with Crippen LogP contribution in [0.5, 0.6) is 5.75 Å². The van der Waals surface area contributed by atoms with Crippen LogP contribution in [0, 0.1) is 0 Å². The molecule has 0 bridgehead atoms. The van der Waals surface area contributed by atoms with Crippen LogP contribution in [0.2, 0.25) is 0 Å². The predicted molar refractivity (Wildman–Crippen MR) is 59.5 cm³/mol. The summed E-state index contributed by atoms with van der Waals surface area (Å²) in [4.78, 5) is 15.0. The van der Waals surface area contributed by atoms with Crippen LogP contribution in [0.4, 0.5) is 0 Å². The number of ether oxygens (including phenoxy) is 2. The van der Waals surface area contributed by atoms with E-state index in [1.165, 1.54) is 19.3 Å². The van der Waals surface area contributed by atoms with Gasteiger partial charge in [0.15, 0.2) is 0 Å². The zero-order valence-corrected chi connectivity index (χ0v) is 9.95. The summed E-state index contributed by atoms with van der Waals surface area (Å²) in [6.07, 6.45) is 4.45. The number of methoxy groups -OCH3 is 2. The summed E-state index contributed by atoms with van der Waals surface area (Å²) in [7, 11) is 2.86. The Labute approximate surface area is 96.0 Å². The highest BCUT2D eigenvalue weighted by Crippen LogP contribution is 2.21. The normalized spacial score (nSPS) is 10.3. The van der Waals surface area contributed by atoms with Gasteiger partial charge in [0, 0.05) is 16.7 Å². The van der Waals surface area contributed by atoms with Crippen molar-refractivity contribution in [3.8, 4) is 5.75 Å². The van der Waals surface area contributed by atoms with Crippen LogP contribution in [-0.2, 0) is 9.53 Å². The van der Waals surface area contributed by atoms with Crippen molar-refractivity contribution in [2.24, 2.45) is 0 Å². The summed E-state index contributed by atoms with van der Waals surface area (Å²) >= 11 is 3.27. The van der Waals surface area contributed by atoms with Gasteiger partial charge < -0.3 is 9.47 Å². The zero-order chi connectivity index (χ0) is 11.3. The first kappa shape index (κ1) is 11.7. The molecule has 0 saturated heterocycles. The highest BCUT2D eigenvalue weighted by Gasteiger charge is 2.02. The number of carbonyl (C=O) groups is 1. The minimum Gasteiger partial charge on any atom is -0.494 e. The number of halogens is 1. The molecular weight excluding hydrogens is 262 g/mol. The Morgan fingerprint density at radius 1 is 1.53 bits per heavy atom. The van der Waals surface area contributed by atoms with Gasteiger partial charge in [0.1, 0.15) is 11.4 Å². The molecule has 0 aliphatic rings. The van der Waals surface area contributed by atoms with Crippen molar-refractivity contribution in [1.82, 2.24) is 4.98 Å². The maximum atomic E-state index is 10.9. The monoisotopic (exact) mass is 271 g/mol. The number of nitrogens with zero attached hydrogens (tertiary/aromatic N) is 1. The molecule has 0 aliphatic heterocycles. The molecule has 5 heteroatoms. The topological polar surface area (TPSA) is 48.4 Å². The van der Waals surface area contributed by atoms with Gasteiger partial charge in [0.2, 0.25) is 0 Å². The first-order chi connectivity index (χ1) is 7.17. The molecule has 1 aromatic heterocycles. The lowest BCUT2D eigenvalue weighted by atomic mass is 10.3. The Hall–Kier alpha value is -1.36. The van der Waals surface area contributed by atoms with Gasteiger partial charge >= 0.3 is 5.97 Å². The first-order valence-electron chi connectivity index (χ1n) is 4.13. The van der Waals surface area contributed by atoms with Gasteiger partial charge in [-0.2, -0.15) is 0 Å². The van der Waals surface area contributed by atoms with Crippen molar-refractivity contribution in [2.45, 2.75) is 0 Å². The summed E-state index contributed by atoms with van der Waals surface area (Å²) in [5.74, 6) is 0.159. The quantitative estimate of drug-likeness (QED) is 0.624. The van der Waals surface area contributed by atoms with Crippen molar-refractivity contribution in [3.63, 3.8) is 0 Å². The number of rotatable bonds is 3. The molecule has 1 aromatic rings. The highest BCUT2D eigenvalue weighted by atomic mass is 79.9. The highest BCUT2D eigenvalue weighted by molar-refractivity contribution is 9.10. The van der Waals surface area contributed by atoms with Crippen LogP contribution in [-0.4, -0.2) is 25.2 Å². The van der Waals surface area contributed by atoms with Crippen molar-refractivity contribution < 1.29 is 14.3 Å². The molecule has 0 fully saturated rings. The third-order valence-corrected chi connectivity index (χ3v) is 2.08. The van der Waals surface area contributed by atoms with E-state index in [9.17, 15) is 4.79 Å². The van der Waals surface area contributed by atoms with Crippen LogP contribution in [0.1, 0.15) is 5.69 Å². The first-order valence-corrected chi connectivity index (χ1v) is 4.92. The molecule has 0 amide bonds. The van der Waals surface area contributed by atoms with E-state index < -0.39 is 5.97 Å². The van der Waals surface area contributed by atoms with Gasteiger partial charge in [-0.25, -0.2) is 4.79 Å². The van der Waals surface area contributed by atoms with Crippen molar-refractivity contribution in [1.29, 1.82) is 0 Å². The van der Waals surface area contributed by atoms with Crippen LogP contribution >= 0.6 is 15.9 Å². The standard InChI is InChI=1S/C10H10BrNO3/c1-14-9-5-7(11)6-12-8(9)3-4-10(13)15-2/h3-6H,1-2H3. The van der Waals surface area contributed by atoms with E-state index in [0.29, 0.717) is 11.4 Å². The minimum absolute atomic E-state index is 0.429. The Morgan fingerprint density at radius 2 is 2.27 bits per heavy atom. The lowest BCUT2D eigenvalue weighted by molar-refractivity contribution is -0.134. The molecule has 0 radical (unpaired) electrons. The molecule has 4 nitrogen and oxygen atoms in total. The van der Waals surface area contributed by atoms with Crippen molar-refractivity contribution in [2.75, 3.05) is 14.2 Å². The molecule has 0 spiro atoms. The fourth-order valence-electron chi connectivity index (χ4n) is 0.935. The molecular formula is C10H10BrNO3. The fraction of sp³-hybridized carbons (Fsp3) is 0.200. The van der Waals surface area contributed by atoms with Gasteiger partial charge in [-0.05, 0) is 28.1 Å². The molecule has 1 heterocycles. The van der Waals surface area contributed by atoms with E-state index in [2.05, 4.69) is 25.7 Å². The summed E-state index contributed by atoms with van der Waals surface area (Å²) in [6, 6.07) is 1.77. The van der Waals surface area contributed by atoms with E-state index in [0.717, 1.165) is 4.47 Å². The lowest BCUT2D eigenvalue weighted by Crippen LogP contribution is -1.95. The SMILES string of the molecule is COC(=O)C=Cc1ncc(Br)cc1OC. The summed E-state index contributed by atoms with van der Waals surface area (Å²) in [5.41, 5.74) is 0.575. The molecule has 15 heavy (non-hydrogen) atoms. The molecule has 1 rings (SSSR count). The number of aromatic nitrogens is 1. The Morgan fingerprint density at radius 3 is 2.87 bits per heavy atom. The second kappa shape index (κ2) is 5.50. The summed E-state index contributed by atoms with van der Waals surface area (Å²) in [6.45, 7) is 0. The average Bonchev–Trinajstić information content (AvgIpc) is 2.26. The van der Waals surface area contributed by atoms with E-state index in [1.54, 1.807) is 19.4 Å². The predicted octanol–water partition coefficient (Wildman–Crippen LogP) is 2.04. The van der Waals surface area contributed by atoms with Gasteiger partial charge in [0.25, 0.3) is 0 Å². The second-order valence-corrected chi connectivity index (χ2v) is 3.51. The van der Waals surface area contributed by atoms with Gasteiger partial charge in [0.05, 0.1) is 14.2 Å². The van der Waals surface area contributed by atoms with Gasteiger partial charge in [-0.15, -0.1) is 0 Å². The third kappa shape index (κ3) is 3.36. The zero-order valence-electron chi connectivity index (χ0n) is 8.36. The van der Waals surface area contributed by atoms with Crippen LogP contribution < -0.4 is 4.74 Å².